The van der Waals surface area contributed by atoms with Gasteiger partial charge in [-0.25, -0.2) is 4.98 Å². The Kier molecular flexibility index (Phi) is 6.67. The van der Waals surface area contributed by atoms with E-state index in [1.54, 1.807) is 17.5 Å². The number of carbonyl (C=O) groups excluding carboxylic acids is 1. The predicted octanol–water partition coefficient (Wildman–Crippen LogP) is 2.53. The summed E-state index contributed by atoms with van der Waals surface area (Å²) in [4.78, 5) is 26.1. The number of rotatable bonds is 6. The number of aromatic nitrogens is 2. The molecule has 0 bridgehead atoms. The Labute approximate surface area is 171 Å². The van der Waals surface area contributed by atoms with Gasteiger partial charge in [0, 0.05) is 43.1 Å². The van der Waals surface area contributed by atoms with Gasteiger partial charge in [-0.1, -0.05) is 0 Å². The van der Waals surface area contributed by atoms with Crippen molar-refractivity contribution in [2.75, 3.05) is 26.2 Å². The first-order valence-electron chi connectivity index (χ1n) is 10.3. The maximum absolute atomic E-state index is 12.6. The van der Waals surface area contributed by atoms with Crippen LogP contribution in [0.4, 0.5) is 0 Å². The van der Waals surface area contributed by atoms with E-state index in [0.717, 1.165) is 50.6 Å². The van der Waals surface area contributed by atoms with Crippen molar-refractivity contribution >= 4 is 17.2 Å². The topological polar surface area (TPSA) is 61.4 Å². The average Bonchev–Trinajstić information content (AvgIpc) is 3.27. The molecule has 2 aromatic rings. The van der Waals surface area contributed by atoms with Crippen molar-refractivity contribution in [3.8, 4) is 0 Å². The number of hydrogen-bond acceptors (Lipinski definition) is 6. The van der Waals surface area contributed by atoms with Crippen molar-refractivity contribution < 1.29 is 4.79 Å². The van der Waals surface area contributed by atoms with Gasteiger partial charge in [-0.05, 0) is 63.0 Å². The SMILES string of the molecule is O=C(NCc1nccs1)[C@@H]1CCCN(C2CCN(Cc3ccncc3)CC2)C1. The van der Waals surface area contributed by atoms with Gasteiger partial charge in [-0.15, -0.1) is 11.3 Å². The molecular formula is C21H29N5OS. The molecule has 2 aliphatic rings. The summed E-state index contributed by atoms with van der Waals surface area (Å²) >= 11 is 1.59. The number of pyridine rings is 1. The van der Waals surface area contributed by atoms with Gasteiger partial charge in [0.2, 0.25) is 5.91 Å². The zero-order chi connectivity index (χ0) is 19.2. The van der Waals surface area contributed by atoms with Crippen molar-refractivity contribution in [3.05, 3.63) is 46.7 Å². The number of carbonyl (C=O) groups is 1. The fourth-order valence-electron chi connectivity index (χ4n) is 4.39. The Bertz CT molecular complexity index is 731. The summed E-state index contributed by atoms with van der Waals surface area (Å²) in [5, 5.41) is 6.01. The summed E-state index contributed by atoms with van der Waals surface area (Å²) in [5.41, 5.74) is 1.34. The van der Waals surface area contributed by atoms with Crippen LogP contribution in [0.3, 0.4) is 0 Å². The van der Waals surface area contributed by atoms with Crippen LogP contribution in [0.2, 0.25) is 0 Å². The van der Waals surface area contributed by atoms with E-state index in [-0.39, 0.29) is 11.8 Å². The van der Waals surface area contributed by atoms with Crippen LogP contribution in [-0.2, 0) is 17.9 Å². The normalized spacial score (nSPS) is 22.2. The molecule has 6 nitrogen and oxygen atoms in total. The molecule has 0 radical (unpaired) electrons. The second-order valence-electron chi connectivity index (χ2n) is 7.84. The molecule has 2 aliphatic heterocycles. The first kappa shape index (κ1) is 19.5. The number of hydrogen-bond donors (Lipinski definition) is 1. The van der Waals surface area contributed by atoms with E-state index in [9.17, 15) is 4.79 Å². The number of thiazole rings is 1. The van der Waals surface area contributed by atoms with Crippen LogP contribution in [0.15, 0.2) is 36.1 Å². The molecule has 1 amide bonds. The highest BCUT2D eigenvalue weighted by Crippen LogP contribution is 2.24. The third-order valence-electron chi connectivity index (χ3n) is 5.95. The van der Waals surface area contributed by atoms with Crippen molar-refractivity contribution in [3.63, 3.8) is 0 Å². The molecule has 150 valence electrons. The molecule has 0 aliphatic carbocycles. The smallest absolute Gasteiger partial charge is 0.224 e. The molecular weight excluding hydrogens is 370 g/mol. The lowest BCUT2D eigenvalue weighted by atomic mass is 9.93. The number of piperidine rings is 2. The van der Waals surface area contributed by atoms with Gasteiger partial charge in [-0.3, -0.25) is 19.6 Å². The molecule has 0 unspecified atom stereocenters. The first-order valence-corrected chi connectivity index (χ1v) is 11.2. The van der Waals surface area contributed by atoms with E-state index in [1.165, 1.54) is 18.4 Å². The van der Waals surface area contributed by atoms with E-state index in [1.807, 2.05) is 17.8 Å². The molecule has 7 heteroatoms. The molecule has 4 rings (SSSR count). The van der Waals surface area contributed by atoms with E-state index in [2.05, 4.69) is 37.2 Å². The Balaban J connectivity index is 1.23. The largest absolute Gasteiger partial charge is 0.349 e. The highest BCUT2D eigenvalue weighted by atomic mass is 32.1. The van der Waals surface area contributed by atoms with Gasteiger partial charge < -0.3 is 5.32 Å². The highest BCUT2D eigenvalue weighted by molar-refractivity contribution is 7.09. The standard InChI is InChI=1S/C21H29N5OS/c27-21(24-14-20-23-9-13-28-20)18-2-1-10-26(16-18)19-5-11-25(12-6-19)15-17-3-7-22-8-4-17/h3-4,7-9,13,18-19H,1-2,5-6,10-12,14-16H2,(H,24,27)/t18-/m1/s1. The van der Waals surface area contributed by atoms with E-state index in [0.29, 0.717) is 12.6 Å². The zero-order valence-electron chi connectivity index (χ0n) is 16.3. The van der Waals surface area contributed by atoms with Gasteiger partial charge in [-0.2, -0.15) is 0 Å². The van der Waals surface area contributed by atoms with Crippen LogP contribution in [-0.4, -0.2) is 57.9 Å². The lowest BCUT2D eigenvalue weighted by Gasteiger charge is -2.42. The third kappa shape index (κ3) is 5.16. The molecule has 1 atom stereocenters. The van der Waals surface area contributed by atoms with Crippen LogP contribution in [0, 0.1) is 5.92 Å². The van der Waals surface area contributed by atoms with Gasteiger partial charge in [0.05, 0.1) is 12.5 Å². The predicted molar refractivity (Wildman–Crippen MR) is 111 cm³/mol. The van der Waals surface area contributed by atoms with Gasteiger partial charge >= 0.3 is 0 Å². The van der Waals surface area contributed by atoms with Gasteiger partial charge in [0.15, 0.2) is 0 Å². The summed E-state index contributed by atoms with van der Waals surface area (Å²) < 4.78 is 0. The number of amides is 1. The van der Waals surface area contributed by atoms with E-state index < -0.39 is 0 Å². The molecule has 0 spiro atoms. The lowest BCUT2D eigenvalue weighted by molar-refractivity contribution is -0.127. The maximum atomic E-state index is 12.6. The van der Waals surface area contributed by atoms with Crippen LogP contribution < -0.4 is 5.32 Å². The minimum atomic E-state index is 0.114. The van der Waals surface area contributed by atoms with E-state index in [4.69, 9.17) is 0 Å². The number of likely N-dealkylation sites (tertiary alicyclic amines) is 2. The second kappa shape index (κ2) is 9.58. The van der Waals surface area contributed by atoms with Crippen molar-refractivity contribution in [1.29, 1.82) is 0 Å². The maximum Gasteiger partial charge on any atom is 0.224 e. The minimum absolute atomic E-state index is 0.114. The minimum Gasteiger partial charge on any atom is -0.349 e. The molecule has 2 fully saturated rings. The highest BCUT2D eigenvalue weighted by Gasteiger charge is 2.31. The molecule has 2 aromatic heterocycles. The molecule has 0 aromatic carbocycles. The Morgan fingerprint density at radius 3 is 2.71 bits per heavy atom. The second-order valence-corrected chi connectivity index (χ2v) is 8.82. The van der Waals surface area contributed by atoms with E-state index >= 15 is 0 Å². The van der Waals surface area contributed by atoms with Crippen LogP contribution in [0.5, 0.6) is 0 Å². The Hall–Kier alpha value is -1.83. The van der Waals surface area contributed by atoms with Crippen molar-refractivity contribution in [2.45, 2.75) is 44.8 Å². The molecule has 2 saturated heterocycles. The van der Waals surface area contributed by atoms with Crippen LogP contribution in [0.1, 0.15) is 36.3 Å². The quantitative estimate of drug-likeness (QED) is 0.809. The summed E-state index contributed by atoms with van der Waals surface area (Å²) in [6.45, 7) is 5.86. The summed E-state index contributed by atoms with van der Waals surface area (Å²) in [5.74, 6) is 0.304. The fraction of sp³-hybridized carbons (Fsp3) is 0.571. The fourth-order valence-corrected chi connectivity index (χ4v) is 4.94. The molecule has 0 saturated carbocycles. The molecule has 1 N–H and O–H groups in total. The monoisotopic (exact) mass is 399 g/mol. The van der Waals surface area contributed by atoms with Gasteiger partial charge in [0.1, 0.15) is 5.01 Å². The number of nitrogens with one attached hydrogen (secondary N) is 1. The average molecular weight is 400 g/mol. The van der Waals surface area contributed by atoms with Gasteiger partial charge in [0.25, 0.3) is 0 Å². The first-order chi connectivity index (χ1) is 13.8. The lowest BCUT2D eigenvalue weighted by Crippen LogP contribution is -2.50. The summed E-state index contributed by atoms with van der Waals surface area (Å²) in [6, 6.07) is 4.82. The Morgan fingerprint density at radius 1 is 1.14 bits per heavy atom. The molecule has 4 heterocycles. The molecule has 28 heavy (non-hydrogen) atoms. The van der Waals surface area contributed by atoms with Crippen LogP contribution in [0.25, 0.3) is 0 Å². The van der Waals surface area contributed by atoms with Crippen molar-refractivity contribution in [1.82, 2.24) is 25.1 Å². The summed E-state index contributed by atoms with van der Waals surface area (Å²) in [7, 11) is 0. The Morgan fingerprint density at radius 2 is 1.96 bits per heavy atom. The zero-order valence-corrected chi connectivity index (χ0v) is 17.1. The summed E-state index contributed by atoms with van der Waals surface area (Å²) in [6.07, 6.45) is 10.0. The third-order valence-corrected chi connectivity index (χ3v) is 6.73. The van der Waals surface area contributed by atoms with Crippen LogP contribution >= 0.6 is 11.3 Å². The number of nitrogens with zero attached hydrogens (tertiary/aromatic N) is 4. The van der Waals surface area contributed by atoms with Crippen molar-refractivity contribution in [2.24, 2.45) is 5.92 Å².